The van der Waals surface area contributed by atoms with Crippen LogP contribution in [-0.4, -0.2) is 14.5 Å². The quantitative estimate of drug-likeness (QED) is 0.416. The Bertz CT molecular complexity index is 1050. The van der Waals surface area contributed by atoms with Gasteiger partial charge in [-0.2, -0.15) is 5.10 Å². The van der Waals surface area contributed by atoms with E-state index >= 15 is 0 Å². The minimum absolute atomic E-state index is 0.106. The molecule has 2 heterocycles. The van der Waals surface area contributed by atoms with Gasteiger partial charge in [0.15, 0.2) is 0 Å². The Morgan fingerprint density at radius 1 is 1.27 bits per heavy atom. The van der Waals surface area contributed by atoms with Gasteiger partial charge in [-0.1, -0.05) is 35.9 Å². The van der Waals surface area contributed by atoms with Crippen LogP contribution in [0.15, 0.2) is 48.8 Å². The Kier molecular flexibility index (Phi) is 4.06. The van der Waals surface area contributed by atoms with Gasteiger partial charge >= 0.3 is 0 Å². The molecule has 1 fully saturated rings. The number of benzene rings is 2. The number of hydrogen-bond acceptors (Lipinski definition) is 4. The minimum atomic E-state index is -1.12. The summed E-state index contributed by atoms with van der Waals surface area (Å²) in [6.07, 6.45) is 0.824. The molecular formula is C17H13ClF2N4OS. The Morgan fingerprint density at radius 3 is 2.69 bits per heavy atom. The molecule has 9 heteroatoms. The summed E-state index contributed by atoms with van der Waals surface area (Å²) in [5.74, 6) is 4.30. The van der Waals surface area contributed by atoms with E-state index in [-0.39, 0.29) is 16.9 Å². The minimum Gasteiger partial charge on any atom is -0.354 e. The third-order valence-corrected chi connectivity index (χ3v) is 5.18. The lowest BCUT2D eigenvalue weighted by molar-refractivity contribution is 0.255. The summed E-state index contributed by atoms with van der Waals surface area (Å²) in [4.78, 5) is 0. The Hall–Kier alpha value is -2.29. The highest BCUT2D eigenvalue weighted by Crippen LogP contribution is 2.59. The van der Waals surface area contributed by atoms with Crippen LogP contribution in [0.5, 0.6) is 0 Å². The molecule has 0 radical (unpaired) electrons. The van der Waals surface area contributed by atoms with Crippen LogP contribution in [0.4, 0.5) is 8.78 Å². The van der Waals surface area contributed by atoms with E-state index < -0.39 is 23.3 Å². The van der Waals surface area contributed by atoms with E-state index in [1.165, 1.54) is 27.8 Å². The van der Waals surface area contributed by atoms with Gasteiger partial charge in [0.1, 0.15) is 29.7 Å². The van der Waals surface area contributed by atoms with Crippen LogP contribution in [0.1, 0.15) is 17.2 Å². The molecule has 26 heavy (non-hydrogen) atoms. The van der Waals surface area contributed by atoms with E-state index in [1.807, 2.05) is 6.07 Å². The van der Waals surface area contributed by atoms with Gasteiger partial charge in [-0.3, -0.25) is 0 Å². The van der Waals surface area contributed by atoms with Gasteiger partial charge in [0.25, 0.3) is 0 Å². The number of rotatable bonds is 4. The average molecular weight is 395 g/mol. The van der Waals surface area contributed by atoms with E-state index in [0.29, 0.717) is 10.6 Å². The standard InChI is InChI=1S/C17H13ClF2N4OS/c18-13-4-2-1-3-11(13)15-17(25-15,8-24-16(26)23(21)9-22-24)12-6-5-10(19)7-14(12)20/h1-7,9,15H,8,21H2/t15-,17-/m0/s1. The first-order valence-corrected chi connectivity index (χ1v) is 8.48. The predicted octanol–water partition coefficient (Wildman–Crippen LogP) is 3.73. The van der Waals surface area contributed by atoms with Crippen molar-refractivity contribution in [2.24, 2.45) is 0 Å². The molecule has 0 amide bonds. The molecule has 3 aromatic rings. The van der Waals surface area contributed by atoms with Crippen LogP contribution in [0.2, 0.25) is 5.02 Å². The topological polar surface area (TPSA) is 61.3 Å². The van der Waals surface area contributed by atoms with Crippen LogP contribution in [-0.2, 0) is 16.9 Å². The lowest BCUT2D eigenvalue weighted by Gasteiger charge is -2.15. The fraction of sp³-hybridized carbons (Fsp3) is 0.176. The summed E-state index contributed by atoms with van der Waals surface area (Å²) in [7, 11) is 0. The number of nitrogens with two attached hydrogens (primary N) is 1. The van der Waals surface area contributed by atoms with Gasteiger partial charge in [-0.05, 0) is 24.4 Å². The number of ether oxygens (including phenoxy) is 1. The fourth-order valence-corrected chi connectivity index (χ4v) is 3.50. The largest absolute Gasteiger partial charge is 0.354 e. The van der Waals surface area contributed by atoms with Gasteiger partial charge < -0.3 is 10.6 Å². The third kappa shape index (κ3) is 2.70. The maximum absolute atomic E-state index is 14.5. The molecule has 2 atom stereocenters. The van der Waals surface area contributed by atoms with E-state index in [4.69, 9.17) is 34.4 Å². The van der Waals surface area contributed by atoms with Crippen LogP contribution < -0.4 is 5.84 Å². The molecule has 2 N–H and O–H groups in total. The van der Waals surface area contributed by atoms with Crippen molar-refractivity contribution in [3.63, 3.8) is 0 Å². The summed E-state index contributed by atoms with van der Waals surface area (Å²) < 4.78 is 36.7. The van der Waals surface area contributed by atoms with Crippen molar-refractivity contribution in [2.45, 2.75) is 18.2 Å². The van der Waals surface area contributed by atoms with Crippen molar-refractivity contribution in [3.8, 4) is 0 Å². The molecule has 4 rings (SSSR count). The van der Waals surface area contributed by atoms with Crippen LogP contribution in [0.3, 0.4) is 0 Å². The summed E-state index contributed by atoms with van der Waals surface area (Å²) in [5, 5.41) is 4.60. The first-order chi connectivity index (χ1) is 12.4. The summed E-state index contributed by atoms with van der Waals surface area (Å²) in [6, 6.07) is 10.5. The van der Waals surface area contributed by atoms with E-state index in [9.17, 15) is 8.78 Å². The second kappa shape index (κ2) is 6.15. The first-order valence-electron chi connectivity index (χ1n) is 7.70. The van der Waals surface area contributed by atoms with Crippen LogP contribution >= 0.6 is 23.8 Å². The number of halogens is 3. The molecule has 2 aromatic carbocycles. The second-order valence-electron chi connectivity index (χ2n) is 6.01. The van der Waals surface area contributed by atoms with Crippen molar-refractivity contribution in [1.29, 1.82) is 0 Å². The normalized spacial score (nSPS) is 21.7. The maximum atomic E-state index is 14.5. The predicted molar refractivity (Wildman–Crippen MR) is 94.5 cm³/mol. The zero-order chi connectivity index (χ0) is 18.5. The number of nitrogen functional groups attached to an aromatic ring is 1. The highest BCUT2D eigenvalue weighted by Gasteiger charge is 2.61. The highest BCUT2D eigenvalue weighted by molar-refractivity contribution is 7.71. The van der Waals surface area contributed by atoms with Crippen LogP contribution in [0.25, 0.3) is 0 Å². The van der Waals surface area contributed by atoms with Gasteiger partial charge in [0, 0.05) is 22.2 Å². The maximum Gasteiger partial charge on any atom is 0.216 e. The van der Waals surface area contributed by atoms with Gasteiger partial charge in [0.05, 0.1) is 6.54 Å². The number of hydrogen-bond donors (Lipinski definition) is 1. The van der Waals surface area contributed by atoms with Gasteiger partial charge in [0.2, 0.25) is 4.77 Å². The van der Waals surface area contributed by atoms with E-state index in [0.717, 1.165) is 6.07 Å². The monoisotopic (exact) mass is 394 g/mol. The fourth-order valence-electron chi connectivity index (χ4n) is 3.10. The first kappa shape index (κ1) is 17.1. The molecule has 134 valence electrons. The van der Waals surface area contributed by atoms with Gasteiger partial charge in [-0.25, -0.2) is 18.1 Å². The summed E-state index contributed by atoms with van der Waals surface area (Å²) in [6.45, 7) is 0.106. The molecule has 1 saturated heterocycles. The highest BCUT2D eigenvalue weighted by atomic mass is 35.5. The van der Waals surface area contributed by atoms with Crippen molar-refractivity contribution in [3.05, 3.63) is 81.3 Å². The molecule has 1 aliphatic rings. The molecular weight excluding hydrogens is 382 g/mol. The average Bonchev–Trinajstić information content (AvgIpc) is 3.23. The SMILES string of the molecule is Nn1cnn(C[C@@]2(c3ccc(F)cc3F)O[C@H]2c2ccccc2Cl)c1=S. The second-order valence-corrected chi connectivity index (χ2v) is 6.78. The van der Waals surface area contributed by atoms with Crippen molar-refractivity contribution in [1.82, 2.24) is 14.5 Å². The van der Waals surface area contributed by atoms with Gasteiger partial charge in [-0.15, -0.1) is 0 Å². The Labute approximate surface area is 157 Å². The molecule has 5 nitrogen and oxygen atoms in total. The smallest absolute Gasteiger partial charge is 0.216 e. The molecule has 0 bridgehead atoms. The van der Waals surface area contributed by atoms with Crippen molar-refractivity contribution >= 4 is 23.8 Å². The zero-order valence-electron chi connectivity index (χ0n) is 13.3. The number of nitrogens with zero attached hydrogens (tertiary/aromatic N) is 3. The Morgan fingerprint density at radius 2 is 2.04 bits per heavy atom. The van der Waals surface area contributed by atoms with E-state index in [2.05, 4.69) is 5.10 Å². The number of aromatic nitrogens is 3. The number of epoxide rings is 1. The lowest BCUT2D eigenvalue weighted by atomic mass is 9.91. The molecule has 1 aliphatic heterocycles. The zero-order valence-corrected chi connectivity index (χ0v) is 14.8. The third-order valence-electron chi connectivity index (χ3n) is 4.41. The molecule has 0 saturated carbocycles. The summed E-state index contributed by atoms with van der Waals surface area (Å²) >= 11 is 11.5. The Balaban J connectivity index is 1.82. The molecule has 0 unspecified atom stereocenters. The molecule has 0 aliphatic carbocycles. The van der Waals surface area contributed by atoms with Crippen molar-refractivity contribution in [2.75, 3.05) is 5.84 Å². The van der Waals surface area contributed by atoms with E-state index in [1.54, 1.807) is 18.2 Å². The molecule has 1 aromatic heterocycles. The summed E-state index contributed by atoms with van der Waals surface area (Å²) in [5.41, 5.74) is -0.205. The molecule has 0 spiro atoms. The van der Waals surface area contributed by atoms with Crippen molar-refractivity contribution < 1.29 is 13.5 Å². The van der Waals surface area contributed by atoms with Crippen LogP contribution in [0, 0.1) is 16.4 Å². The lowest BCUT2D eigenvalue weighted by Crippen LogP contribution is -2.22.